The van der Waals surface area contributed by atoms with E-state index in [1.165, 1.54) is 123 Å². The van der Waals surface area contributed by atoms with E-state index in [2.05, 4.69) is 5.32 Å². The molecule has 1 aromatic carbocycles. The van der Waals surface area contributed by atoms with E-state index in [0.29, 0.717) is 86.3 Å². The van der Waals surface area contributed by atoms with Crippen LogP contribution in [0.1, 0.15) is 167 Å². The highest BCUT2D eigenvalue weighted by Crippen LogP contribution is 2.75. The first-order chi connectivity index (χ1) is 52.5. The number of nitrogens with zero attached hydrogens (tertiary/aromatic N) is 5. The third-order valence-electron chi connectivity index (χ3n) is 26.2. The zero-order chi connectivity index (χ0) is 80.3. The lowest BCUT2D eigenvalue weighted by atomic mass is 9.76. The summed E-state index contributed by atoms with van der Waals surface area (Å²) < 4.78 is 53.9. The SMILES string of the molecule is COC(=O)C1=C2CCCC[C@H]2CN1C(=O)OC.COC(=O)N1C[C@@H]2CCCC[C@@H]2C1(Sc1ccccc1)C(=O)OC.COC(=O)N1C[C@@H]2CCCC[C@@]23C[C@@]13C(=O)O.COC(=O)N1C[C@@H]2CCCC[C@@]23C[C@@]13C(=O)OC.COC(=O)[C@H]1[C@H]2CCCC[C@H]2CN1C(=O)OC.C[S+](C)(C)=O.O=C(O)[C@@H]1NC[C@@H]2CCCC[C@@H]21.[I-]. The maximum atomic E-state index is 12.9. The van der Waals surface area contributed by atoms with Crippen LogP contribution in [0.4, 0.5) is 24.0 Å². The molecule has 1 unspecified atom stereocenters. The van der Waals surface area contributed by atoms with Crippen molar-refractivity contribution in [3.05, 3.63) is 41.6 Å². The summed E-state index contributed by atoms with van der Waals surface area (Å²) in [5.74, 6) is 0.312. The summed E-state index contributed by atoms with van der Waals surface area (Å²) in [7, 11) is 10.8. The van der Waals surface area contributed by atoms with Crippen LogP contribution in [0.5, 0.6) is 0 Å². The monoisotopic (exact) mass is 1710 g/mol. The summed E-state index contributed by atoms with van der Waals surface area (Å²) in [6, 6.07) is 9.02. The number of methoxy groups -OCH3 is 9. The molecule has 0 aromatic heterocycles. The van der Waals surface area contributed by atoms with Gasteiger partial charge in [0.2, 0.25) is 0 Å². The molecular weight excluding hydrogens is 1590 g/mol. The first-order valence-electron chi connectivity index (χ1n) is 39.2. The zero-order valence-electron chi connectivity index (χ0n) is 66.8. The molecule has 8 aliphatic carbocycles. The number of fused-ring (bicyclic) bond motifs is 4. The highest BCUT2D eigenvalue weighted by Gasteiger charge is 2.84. The Balaban J connectivity index is 0.000000166. The van der Waals surface area contributed by atoms with E-state index in [4.69, 9.17) is 47.7 Å². The van der Waals surface area contributed by atoms with Gasteiger partial charge in [0, 0.05) is 60.3 Å². The predicted octanol–water partition coefficient (Wildman–Crippen LogP) is 7.90. The van der Waals surface area contributed by atoms with Crippen LogP contribution in [0, 0.1) is 64.1 Å². The van der Waals surface area contributed by atoms with Crippen LogP contribution in [0.3, 0.4) is 0 Å². The number of hydrogen-bond donors (Lipinski definition) is 3. The first kappa shape index (κ1) is 89.9. The molecule has 111 heavy (non-hydrogen) atoms. The summed E-state index contributed by atoms with van der Waals surface area (Å²) in [6.45, 7) is 3.83. The molecule has 5 amide bonds. The van der Waals surface area contributed by atoms with Gasteiger partial charge in [0.1, 0.15) is 42.1 Å². The number of likely N-dealkylation sites (tertiary alicyclic amines) is 4. The lowest BCUT2D eigenvalue weighted by Gasteiger charge is -2.39. The zero-order valence-corrected chi connectivity index (χ0v) is 70.6. The molecule has 32 heteroatoms. The molecule has 622 valence electrons. The molecule has 6 aliphatic heterocycles. The molecule has 1 aromatic rings. The molecule has 8 saturated carbocycles. The molecular formula is C79H119IN6O23S2. The number of carboxylic acids is 2. The fourth-order valence-corrected chi connectivity index (χ4v) is 22.8. The second kappa shape index (κ2) is 38.6. The van der Waals surface area contributed by atoms with Gasteiger partial charge in [-0.15, -0.1) is 4.21 Å². The van der Waals surface area contributed by atoms with Gasteiger partial charge in [-0.05, 0) is 162 Å². The van der Waals surface area contributed by atoms with Crippen molar-refractivity contribution < 1.29 is 134 Å². The van der Waals surface area contributed by atoms with Crippen LogP contribution in [-0.2, 0) is 85.5 Å². The number of nitrogens with one attached hydrogen (secondary N) is 1. The molecule has 13 fully saturated rings. The smallest absolute Gasteiger partial charge is 0.414 e. The lowest BCUT2D eigenvalue weighted by Crippen LogP contribution is -3.00. The third kappa shape index (κ3) is 18.2. The van der Waals surface area contributed by atoms with Crippen LogP contribution in [0.25, 0.3) is 0 Å². The van der Waals surface area contributed by atoms with Gasteiger partial charge in [-0.25, -0.2) is 47.9 Å². The van der Waals surface area contributed by atoms with Gasteiger partial charge in [-0.2, -0.15) is 0 Å². The van der Waals surface area contributed by atoms with Crippen LogP contribution in [0.15, 0.2) is 46.5 Å². The number of carbonyl (C=O) groups excluding carboxylic acids is 9. The average Bonchev–Trinajstić information content (AvgIpc) is 1.48. The Kier molecular flexibility index (Phi) is 31.3. The number of aliphatic carboxylic acids is 2. The molecule has 29 nitrogen and oxygen atoms in total. The van der Waals surface area contributed by atoms with Crippen molar-refractivity contribution in [2.24, 2.45) is 64.1 Å². The number of rotatable bonds is 8. The molecule has 0 bridgehead atoms. The number of benzene rings is 1. The molecule has 0 radical (unpaired) electrons. The van der Waals surface area contributed by atoms with Crippen molar-refractivity contribution in [3.63, 3.8) is 0 Å². The van der Waals surface area contributed by atoms with E-state index in [1.807, 2.05) is 30.3 Å². The minimum Gasteiger partial charge on any atom is -1.00 e. The maximum Gasteiger partial charge on any atom is 0.414 e. The van der Waals surface area contributed by atoms with Crippen LogP contribution < -0.4 is 29.3 Å². The van der Waals surface area contributed by atoms with Gasteiger partial charge >= 0.3 is 66.3 Å². The quantitative estimate of drug-likeness (QED) is 0.0963. The number of amides is 5. The Hall–Kier alpha value is -6.68. The lowest BCUT2D eigenvalue weighted by molar-refractivity contribution is -0.149. The van der Waals surface area contributed by atoms with E-state index in [9.17, 15) is 62.1 Å². The van der Waals surface area contributed by atoms with E-state index >= 15 is 0 Å². The maximum absolute atomic E-state index is 12.9. The van der Waals surface area contributed by atoms with Gasteiger partial charge < -0.3 is 82.1 Å². The first-order valence-corrected chi connectivity index (χ1v) is 42.8. The number of hydrogen-bond acceptors (Lipinski definition) is 23. The predicted molar refractivity (Wildman–Crippen MR) is 404 cm³/mol. The minimum atomic E-state index is -1.42. The second-order valence-corrected chi connectivity index (χ2v) is 37.2. The molecule has 5 saturated heterocycles. The Morgan fingerprint density at radius 3 is 1.53 bits per heavy atom. The number of thioether (sulfide) groups is 1. The average molecular weight is 1710 g/mol. The standard InChI is InChI=1S/C18H23NO4S.C13H19NO4.C12H17NO4.C12H19NO4.C12H17NO4.C9H15NO2.C3H9OS.HI/c1-22-16(20)18(24-14-9-4-3-5-10-14)15-11-7-6-8-13(15)12-19(18)17(21)23-2;1-17-10(15)13-8-12(13)6-4-3-5-9(12)7-14(13)11(16)18-2;1-17-10(16)13-6-8-4-2-3-5-11(8)7-12(11,13)9(14)15;2*1-16-11(14)10-9-6-4-3-5-8(9)7-13(10)12(15)17-2;11-9(12)8-7-4-2-1-3-6(7)5-10-8;1-5(2,3)4;/h3-5,9-10,13,15H,6-8,11-12H2,1-2H3;9H,3-8H2,1-2H3;8H,2-7H2,1H3,(H,14,15);8-10H,3-7H2,1-2H3;8H,3-7H2,1-2H3;6-8,10H,1-5H2,(H,11,12);1-3H3;1H/q;;;;;;+1;/p-1/t13-,15-,18?;9-,12+,13-;8-,11+,12-;8-,9-,10+;8-;6-,7-,8+;;/m000000../s1. The minimum absolute atomic E-state index is 0. The molecule has 2 spiro atoms. The second-order valence-electron chi connectivity index (χ2n) is 32.4. The van der Waals surface area contributed by atoms with Crippen molar-refractivity contribution in [1.82, 2.24) is 29.8 Å². The summed E-state index contributed by atoms with van der Waals surface area (Å²) in [4.78, 5) is 138. The Bertz CT molecular complexity index is 3570. The van der Waals surface area contributed by atoms with Gasteiger partial charge in [0.25, 0.3) is 0 Å². The highest BCUT2D eigenvalue weighted by atomic mass is 127. The summed E-state index contributed by atoms with van der Waals surface area (Å²) in [5.41, 5.74) is -0.374. The van der Waals surface area contributed by atoms with Gasteiger partial charge in [0.15, 0.2) is 10.4 Å². The summed E-state index contributed by atoms with van der Waals surface area (Å²) >= 11 is 1.42. The fraction of sp³-hybridized carbons (Fsp3) is 0.759. The van der Waals surface area contributed by atoms with E-state index in [-0.39, 0.29) is 70.6 Å². The van der Waals surface area contributed by atoms with E-state index in [0.717, 1.165) is 145 Å². The van der Waals surface area contributed by atoms with Crippen molar-refractivity contribution in [2.45, 2.75) is 200 Å². The van der Waals surface area contributed by atoms with E-state index < -0.39 is 80.3 Å². The van der Waals surface area contributed by atoms with Crippen molar-refractivity contribution in [3.8, 4) is 0 Å². The third-order valence-corrected chi connectivity index (χ3v) is 27.7. The fourth-order valence-electron chi connectivity index (χ4n) is 21.3. The Labute approximate surface area is 675 Å². The molecule has 6 heterocycles. The summed E-state index contributed by atoms with van der Waals surface area (Å²) in [5, 5.41) is 21.5. The van der Waals surface area contributed by atoms with Gasteiger partial charge in [0.05, 0.1) is 73.9 Å². The van der Waals surface area contributed by atoms with Gasteiger partial charge in [-0.1, -0.05) is 101 Å². The number of halogens is 1. The summed E-state index contributed by atoms with van der Waals surface area (Å²) in [6.07, 6.45) is 30.5. The number of carboxylic acid groups (broad SMARTS) is 2. The van der Waals surface area contributed by atoms with Crippen LogP contribution >= 0.6 is 11.8 Å². The topological polar surface area (TPSA) is 357 Å². The molecule has 16 atom stereocenters. The van der Waals surface area contributed by atoms with Crippen molar-refractivity contribution in [1.29, 1.82) is 0 Å². The largest absolute Gasteiger partial charge is 1.00 e. The highest BCUT2D eigenvalue weighted by molar-refractivity contribution is 8.01. The number of ether oxygens (including phenoxy) is 9. The Morgan fingerprint density at radius 2 is 0.991 bits per heavy atom. The molecule has 15 rings (SSSR count). The van der Waals surface area contributed by atoms with Crippen LogP contribution in [-0.4, -0.2) is 251 Å². The van der Waals surface area contributed by atoms with Crippen molar-refractivity contribution >= 4 is 88.0 Å². The Morgan fingerprint density at radius 1 is 0.495 bits per heavy atom. The van der Waals surface area contributed by atoms with Crippen molar-refractivity contribution in [2.75, 3.05) is 122 Å². The molecule has 14 aliphatic rings. The number of carbonyl (C=O) groups is 11. The number of esters is 4. The normalized spacial score (nSPS) is 32.8. The molecule has 3 N–H and O–H groups in total. The van der Waals surface area contributed by atoms with E-state index in [1.54, 1.807) is 28.6 Å². The van der Waals surface area contributed by atoms with Gasteiger partial charge in [-0.3, -0.25) is 29.3 Å². The number of piperidine rings is 2. The van der Waals surface area contributed by atoms with Crippen LogP contribution in [0.2, 0.25) is 0 Å².